The standard InChI is InChI=1S/C28H28INO5S/c1-3-28(35-19-29,27-30-13-14-36-27)23-11-12-24(25(16-23)34-18-26(31)32-4-2)33-17-20-9-10-21-7-5-6-8-22(21)15-20/h5-16H,3-4,17-19H2,1-2H3. The highest BCUT2D eigenvalue weighted by molar-refractivity contribution is 14.1. The summed E-state index contributed by atoms with van der Waals surface area (Å²) in [7, 11) is 0. The molecule has 0 N–H and O–H groups in total. The van der Waals surface area contributed by atoms with Gasteiger partial charge in [0.05, 0.1) is 11.2 Å². The molecule has 4 rings (SSSR count). The number of nitrogens with zero attached hydrogens (tertiary/aromatic N) is 1. The quantitative estimate of drug-likeness (QED) is 0.0982. The van der Waals surface area contributed by atoms with Crippen molar-refractivity contribution in [3.05, 3.63) is 88.4 Å². The molecule has 6 nitrogen and oxygen atoms in total. The molecule has 0 aliphatic heterocycles. The zero-order valence-corrected chi connectivity index (χ0v) is 23.2. The summed E-state index contributed by atoms with van der Waals surface area (Å²) >= 11 is 3.75. The van der Waals surface area contributed by atoms with E-state index in [-0.39, 0.29) is 6.61 Å². The zero-order valence-electron chi connectivity index (χ0n) is 20.2. The average molecular weight is 618 g/mol. The molecule has 3 aromatic carbocycles. The van der Waals surface area contributed by atoms with Crippen LogP contribution in [-0.4, -0.2) is 28.8 Å². The lowest BCUT2D eigenvalue weighted by Gasteiger charge is -2.31. The normalized spacial score (nSPS) is 12.8. The molecule has 1 atom stereocenters. The zero-order chi connectivity index (χ0) is 25.4. The van der Waals surface area contributed by atoms with E-state index in [1.165, 1.54) is 5.39 Å². The van der Waals surface area contributed by atoms with Crippen LogP contribution in [0.2, 0.25) is 0 Å². The number of halogens is 1. The van der Waals surface area contributed by atoms with Crippen molar-refractivity contribution < 1.29 is 23.7 Å². The van der Waals surface area contributed by atoms with Gasteiger partial charge < -0.3 is 18.9 Å². The molecule has 0 radical (unpaired) electrons. The predicted molar refractivity (Wildman–Crippen MR) is 150 cm³/mol. The van der Waals surface area contributed by atoms with E-state index < -0.39 is 11.6 Å². The van der Waals surface area contributed by atoms with E-state index in [0.29, 0.717) is 35.7 Å². The summed E-state index contributed by atoms with van der Waals surface area (Å²) in [6.45, 7) is 4.27. The number of benzene rings is 3. The van der Waals surface area contributed by atoms with Crippen molar-refractivity contribution in [1.82, 2.24) is 4.98 Å². The lowest BCUT2D eigenvalue weighted by atomic mass is 9.91. The van der Waals surface area contributed by atoms with E-state index >= 15 is 0 Å². The van der Waals surface area contributed by atoms with Crippen molar-refractivity contribution >= 4 is 50.7 Å². The minimum atomic E-state index is -0.728. The lowest BCUT2D eigenvalue weighted by Crippen LogP contribution is -2.30. The number of aromatic nitrogens is 1. The maximum absolute atomic E-state index is 12.0. The van der Waals surface area contributed by atoms with Gasteiger partial charge in [0.1, 0.15) is 17.2 Å². The topological polar surface area (TPSA) is 66.9 Å². The third-order valence-electron chi connectivity index (χ3n) is 5.85. The van der Waals surface area contributed by atoms with Gasteiger partial charge in [0, 0.05) is 11.6 Å². The van der Waals surface area contributed by atoms with Crippen LogP contribution in [0.1, 0.15) is 36.4 Å². The molecule has 8 heteroatoms. The molecule has 0 spiro atoms. The third kappa shape index (κ3) is 5.99. The smallest absolute Gasteiger partial charge is 0.344 e. The fourth-order valence-corrected chi connectivity index (χ4v) is 5.48. The van der Waals surface area contributed by atoms with E-state index in [9.17, 15) is 4.79 Å². The van der Waals surface area contributed by atoms with Gasteiger partial charge in [-0.3, -0.25) is 0 Å². The number of hydrogen-bond acceptors (Lipinski definition) is 7. The number of ether oxygens (including phenoxy) is 4. The van der Waals surface area contributed by atoms with Gasteiger partial charge in [-0.25, -0.2) is 9.78 Å². The second-order valence-electron chi connectivity index (χ2n) is 8.00. The van der Waals surface area contributed by atoms with Crippen molar-refractivity contribution in [2.24, 2.45) is 0 Å². The largest absolute Gasteiger partial charge is 0.485 e. The van der Waals surface area contributed by atoms with Crippen molar-refractivity contribution in [2.45, 2.75) is 32.5 Å². The molecule has 1 heterocycles. The van der Waals surface area contributed by atoms with Crippen LogP contribution in [0.25, 0.3) is 10.8 Å². The molecule has 0 saturated carbocycles. The van der Waals surface area contributed by atoms with Gasteiger partial charge in [-0.1, -0.05) is 72.0 Å². The Morgan fingerprint density at radius 3 is 2.56 bits per heavy atom. The molecule has 0 saturated heterocycles. The van der Waals surface area contributed by atoms with Crippen LogP contribution in [0.5, 0.6) is 11.5 Å². The first kappa shape index (κ1) is 26.4. The minimum absolute atomic E-state index is 0.215. The number of carbonyl (C=O) groups excluding carboxylic acids is 1. The van der Waals surface area contributed by atoms with Crippen LogP contribution >= 0.6 is 33.9 Å². The second kappa shape index (κ2) is 12.5. The molecule has 0 aliphatic carbocycles. The molecular formula is C28H28INO5S. The van der Waals surface area contributed by atoms with Crippen molar-refractivity contribution in [3.8, 4) is 11.5 Å². The molecule has 0 amide bonds. The maximum Gasteiger partial charge on any atom is 0.344 e. The third-order valence-corrected chi connectivity index (χ3v) is 7.07. The van der Waals surface area contributed by atoms with Crippen molar-refractivity contribution in [2.75, 3.05) is 17.8 Å². The van der Waals surface area contributed by atoms with E-state index in [1.54, 1.807) is 24.5 Å². The fraction of sp³-hybridized carbons (Fsp3) is 0.286. The van der Waals surface area contributed by atoms with Crippen LogP contribution in [0.15, 0.2) is 72.2 Å². The summed E-state index contributed by atoms with van der Waals surface area (Å²) in [4.78, 5) is 16.6. The fourth-order valence-electron chi connectivity index (χ4n) is 4.06. The van der Waals surface area contributed by atoms with Crippen LogP contribution in [-0.2, 0) is 26.5 Å². The van der Waals surface area contributed by atoms with Gasteiger partial charge in [0.15, 0.2) is 18.1 Å². The van der Waals surface area contributed by atoms with Gasteiger partial charge in [-0.15, -0.1) is 11.3 Å². The average Bonchev–Trinajstić information content (AvgIpc) is 3.45. The van der Waals surface area contributed by atoms with E-state index in [2.05, 4.69) is 64.8 Å². The number of esters is 1. The van der Waals surface area contributed by atoms with Gasteiger partial charge in [-0.2, -0.15) is 0 Å². The van der Waals surface area contributed by atoms with Crippen molar-refractivity contribution in [1.29, 1.82) is 0 Å². The Hall–Kier alpha value is -2.69. The summed E-state index contributed by atoms with van der Waals surface area (Å²) in [6.07, 6.45) is 2.46. The Bertz CT molecular complexity index is 1300. The summed E-state index contributed by atoms with van der Waals surface area (Å²) in [5.74, 6) is 0.552. The SMILES string of the molecule is CCOC(=O)COc1cc(C(CC)(OCI)c2nccs2)ccc1OCc1ccc2ccccc2c1. The molecule has 4 aromatic rings. The number of hydrogen-bond donors (Lipinski definition) is 0. The van der Waals surface area contributed by atoms with E-state index in [4.69, 9.17) is 18.9 Å². The first-order valence-corrected chi connectivity index (χ1v) is 14.1. The highest BCUT2D eigenvalue weighted by Gasteiger charge is 2.37. The Morgan fingerprint density at radius 1 is 1.00 bits per heavy atom. The number of carbonyl (C=O) groups is 1. The first-order chi connectivity index (χ1) is 17.6. The number of rotatable bonds is 12. The van der Waals surface area contributed by atoms with Crippen LogP contribution in [0.3, 0.4) is 0 Å². The van der Waals surface area contributed by atoms with Crippen LogP contribution in [0.4, 0.5) is 0 Å². The van der Waals surface area contributed by atoms with E-state index in [0.717, 1.165) is 21.5 Å². The minimum Gasteiger partial charge on any atom is -0.485 e. The molecule has 0 bridgehead atoms. The molecular weight excluding hydrogens is 589 g/mol. The second-order valence-corrected chi connectivity index (χ2v) is 9.51. The molecule has 0 aliphatic rings. The van der Waals surface area contributed by atoms with E-state index in [1.807, 2.05) is 35.7 Å². The summed E-state index contributed by atoms with van der Waals surface area (Å²) in [5, 5.41) is 5.13. The number of alkyl halides is 1. The monoisotopic (exact) mass is 617 g/mol. The molecule has 0 fully saturated rings. The predicted octanol–water partition coefficient (Wildman–Crippen LogP) is 6.88. The summed E-state index contributed by atoms with van der Waals surface area (Å²) in [6, 6.07) is 20.2. The van der Waals surface area contributed by atoms with Crippen LogP contribution in [0, 0.1) is 0 Å². The molecule has 188 valence electrons. The summed E-state index contributed by atoms with van der Waals surface area (Å²) in [5.41, 5.74) is 1.19. The summed E-state index contributed by atoms with van der Waals surface area (Å²) < 4.78 is 23.9. The Kier molecular flexibility index (Phi) is 9.17. The highest BCUT2D eigenvalue weighted by Crippen LogP contribution is 2.42. The molecule has 1 unspecified atom stereocenters. The molecule has 1 aromatic heterocycles. The Morgan fingerprint density at radius 2 is 1.83 bits per heavy atom. The highest BCUT2D eigenvalue weighted by atomic mass is 127. The van der Waals surface area contributed by atoms with Crippen molar-refractivity contribution in [3.63, 3.8) is 0 Å². The maximum atomic E-state index is 12.0. The van der Waals surface area contributed by atoms with Gasteiger partial charge in [0.25, 0.3) is 0 Å². The van der Waals surface area contributed by atoms with Gasteiger partial charge in [-0.05, 0) is 53.4 Å². The number of fused-ring (bicyclic) bond motifs is 1. The lowest BCUT2D eigenvalue weighted by molar-refractivity contribution is -0.145. The first-order valence-electron chi connectivity index (χ1n) is 11.7. The van der Waals surface area contributed by atoms with Gasteiger partial charge in [0.2, 0.25) is 0 Å². The van der Waals surface area contributed by atoms with Crippen LogP contribution < -0.4 is 9.47 Å². The van der Waals surface area contributed by atoms with Gasteiger partial charge >= 0.3 is 5.97 Å². The number of thiazole rings is 1. The molecule has 36 heavy (non-hydrogen) atoms. The Balaban J connectivity index is 1.65. The Labute approximate surface area is 228 Å².